The molecule has 0 bridgehead atoms. The van der Waals surface area contributed by atoms with Gasteiger partial charge in [-0.15, -0.1) is 0 Å². The van der Waals surface area contributed by atoms with E-state index in [1.165, 1.54) is 6.07 Å². The number of aromatic nitrogens is 1. The van der Waals surface area contributed by atoms with Crippen LogP contribution >= 0.6 is 12.2 Å². The van der Waals surface area contributed by atoms with Crippen molar-refractivity contribution in [3.05, 3.63) is 23.4 Å². The number of nitrogens with zero attached hydrogens (tertiary/aromatic N) is 2. The van der Waals surface area contributed by atoms with Gasteiger partial charge in [0.05, 0.1) is 5.56 Å². The highest BCUT2D eigenvalue weighted by molar-refractivity contribution is 7.80. The third kappa shape index (κ3) is 2.97. The molecule has 0 amide bonds. The van der Waals surface area contributed by atoms with Crippen LogP contribution in [0.3, 0.4) is 0 Å². The van der Waals surface area contributed by atoms with Gasteiger partial charge in [0.1, 0.15) is 16.5 Å². The van der Waals surface area contributed by atoms with Gasteiger partial charge in [0.25, 0.3) is 0 Å². The van der Waals surface area contributed by atoms with Crippen molar-refractivity contribution in [3.63, 3.8) is 0 Å². The lowest BCUT2D eigenvalue weighted by Gasteiger charge is -2.24. The first kappa shape index (κ1) is 14.0. The van der Waals surface area contributed by atoms with Crippen LogP contribution in [0.25, 0.3) is 0 Å². The fraction of sp³-hybridized carbons (Fsp3) is 0.500. The third-order valence-corrected chi connectivity index (χ3v) is 3.25. The third-order valence-electron chi connectivity index (χ3n) is 3.03. The van der Waals surface area contributed by atoms with E-state index in [1.807, 2.05) is 11.8 Å². The van der Waals surface area contributed by atoms with Crippen LogP contribution in [0.4, 0.5) is 19.0 Å². The molecule has 1 aromatic heterocycles. The van der Waals surface area contributed by atoms with Gasteiger partial charge in [0.2, 0.25) is 0 Å². The maximum atomic E-state index is 12.7. The van der Waals surface area contributed by atoms with Gasteiger partial charge in [-0.25, -0.2) is 4.98 Å². The number of pyridine rings is 1. The van der Waals surface area contributed by atoms with E-state index in [9.17, 15) is 13.2 Å². The molecule has 1 aromatic rings. The summed E-state index contributed by atoms with van der Waals surface area (Å²) in [6.45, 7) is 2.46. The van der Waals surface area contributed by atoms with Gasteiger partial charge in [-0.1, -0.05) is 12.2 Å². The topological polar surface area (TPSA) is 42.2 Å². The monoisotopic (exact) mass is 289 g/mol. The average Bonchev–Trinajstić information content (AvgIpc) is 3.13. The van der Waals surface area contributed by atoms with Crippen molar-refractivity contribution in [2.75, 3.05) is 11.4 Å². The van der Waals surface area contributed by atoms with Gasteiger partial charge in [0.15, 0.2) is 0 Å². The molecule has 104 valence electrons. The Morgan fingerprint density at radius 2 is 2.11 bits per heavy atom. The number of rotatable bonds is 4. The van der Waals surface area contributed by atoms with E-state index in [2.05, 4.69) is 4.98 Å². The molecule has 0 aromatic carbocycles. The molecule has 1 aliphatic carbocycles. The van der Waals surface area contributed by atoms with Crippen molar-refractivity contribution in [2.45, 2.75) is 32.0 Å². The van der Waals surface area contributed by atoms with Crippen LogP contribution < -0.4 is 10.6 Å². The molecule has 0 spiro atoms. The second-order valence-corrected chi connectivity index (χ2v) is 4.89. The molecule has 3 nitrogen and oxygen atoms in total. The van der Waals surface area contributed by atoms with Crippen LogP contribution in [0.15, 0.2) is 12.1 Å². The maximum Gasteiger partial charge on any atom is 0.433 e. The standard InChI is InChI=1S/C12H14F3N3S/c1-2-18(7-3-4-7)11-8(10(16)19)5-6-9(17-11)12(13,14)15/h5-7H,2-4H2,1H3,(H2,16,19). The Morgan fingerprint density at radius 1 is 1.47 bits per heavy atom. The smallest absolute Gasteiger partial charge is 0.389 e. The fourth-order valence-corrected chi connectivity index (χ4v) is 2.14. The first-order valence-corrected chi connectivity index (χ1v) is 6.40. The van der Waals surface area contributed by atoms with Gasteiger partial charge in [0, 0.05) is 12.6 Å². The molecule has 1 heterocycles. The summed E-state index contributed by atoms with van der Waals surface area (Å²) < 4.78 is 38.2. The van der Waals surface area contributed by atoms with E-state index in [0.717, 1.165) is 18.9 Å². The lowest BCUT2D eigenvalue weighted by Crippen LogP contribution is -2.30. The van der Waals surface area contributed by atoms with E-state index in [1.54, 1.807) is 0 Å². The zero-order valence-corrected chi connectivity index (χ0v) is 11.2. The number of hydrogen-bond acceptors (Lipinski definition) is 3. The Kier molecular flexibility index (Phi) is 3.66. The largest absolute Gasteiger partial charge is 0.433 e. The molecule has 2 N–H and O–H groups in total. The summed E-state index contributed by atoms with van der Waals surface area (Å²) in [7, 11) is 0. The molecular formula is C12H14F3N3S. The number of nitrogens with two attached hydrogens (primary N) is 1. The van der Waals surface area contributed by atoms with Crippen LogP contribution in [-0.2, 0) is 6.18 Å². The van der Waals surface area contributed by atoms with Crippen LogP contribution in [0, 0.1) is 0 Å². The zero-order chi connectivity index (χ0) is 14.2. The van der Waals surface area contributed by atoms with Crippen molar-refractivity contribution in [2.24, 2.45) is 5.73 Å². The van der Waals surface area contributed by atoms with Crippen LogP contribution in [-0.4, -0.2) is 22.6 Å². The van der Waals surface area contributed by atoms with E-state index >= 15 is 0 Å². The first-order valence-electron chi connectivity index (χ1n) is 5.99. The fourth-order valence-electron chi connectivity index (χ4n) is 1.98. The number of hydrogen-bond donors (Lipinski definition) is 1. The quantitative estimate of drug-likeness (QED) is 0.865. The Balaban J connectivity index is 2.49. The van der Waals surface area contributed by atoms with Crippen molar-refractivity contribution in [3.8, 4) is 0 Å². The summed E-state index contributed by atoms with van der Waals surface area (Å²) in [5.41, 5.74) is 5.05. The summed E-state index contributed by atoms with van der Waals surface area (Å²) in [6, 6.07) is 2.46. The molecule has 1 aliphatic rings. The lowest BCUT2D eigenvalue weighted by atomic mass is 10.2. The highest BCUT2D eigenvalue weighted by atomic mass is 32.1. The van der Waals surface area contributed by atoms with Gasteiger partial charge >= 0.3 is 6.18 Å². The highest BCUT2D eigenvalue weighted by Gasteiger charge is 2.36. The summed E-state index contributed by atoms with van der Waals surface area (Å²) >= 11 is 4.89. The number of thiocarbonyl (C=S) groups is 1. The molecule has 1 fully saturated rings. The van der Waals surface area contributed by atoms with Gasteiger partial charge in [-0.2, -0.15) is 13.2 Å². The molecule has 0 unspecified atom stereocenters. The van der Waals surface area contributed by atoms with E-state index < -0.39 is 11.9 Å². The Hall–Kier alpha value is -1.37. The van der Waals surface area contributed by atoms with Crippen molar-refractivity contribution < 1.29 is 13.2 Å². The minimum Gasteiger partial charge on any atom is -0.389 e. The van der Waals surface area contributed by atoms with Crippen LogP contribution in [0.1, 0.15) is 31.0 Å². The van der Waals surface area contributed by atoms with Crippen molar-refractivity contribution in [1.82, 2.24) is 4.98 Å². The maximum absolute atomic E-state index is 12.7. The molecular weight excluding hydrogens is 275 g/mol. The van der Waals surface area contributed by atoms with E-state index in [4.69, 9.17) is 18.0 Å². The van der Waals surface area contributed by atoms with Crippen molar-refractivity contribution >= 4 is 23.0 Å². The lowest BCUT2D eigenvalue weighted by molar-refractivity contribution is -0.141. The SMILES string of the molecule is CCN(c1nc(C(F)(F)F)ccc1C(N)=S)C1CC1. The van der Waals surface area contributed by atoms with Gasteiger partial charge in [-0.05, 0) is 31.9 Å². The highest BCUT2D eigenvalue weighted by Crippen LogP contribution is 2.35. The Labute approximate surface area is 114 Å². The average molecular weight is 289 g/mol. The Bertz CT molecular complexity index is 497. The van der Waals surface area contributed by atoms with E-state index in [-0.39, 0.29) is 16.8 Å². The van der Waals surface area contributed by atoms with Crippen LogP contribution in [0.5, 0.6) is 0 Å². The molecule has 7 heteroatoms. The molecule has 0 radical (unpaired) electrons. The molecule has 2 rings (SSSR count). The second kappa shape index (κ2) is 4.96. The van der Waals surface area contributed by atoms with E-state index in [0.29, 0.717) is 12.1 Å². The summed E-state index contributed by atoms with van der Waals surface area (Å²) in [5, 5.41) is 0. The number of alkyl halides is 3. The minimum atomic E-state index is -4.47. The normalized spacial score (nSPS) is 15.4. The predicted molar refractivity (Wildman–Crippen MR) is 71.2 cm³/mol. The Morgan fingerprint density at radius 3 is 2.53 bits per heavy atom. The molecule has 0 aliphatic heterocycles. The molecule has 1 saturated carbocycles. The van der Waals surface area contributed by atoms with Crippen LogP contribution in [0.2, 0.25) is 0 Å². The van der Waals surface area contributed by atoms with Gasteiger partial charge < -0.3 is 10.6 Å². The second-order valence-electron chi connectivity index (χ2n) is 4.45. The molecule has 19 heavy (non-hydrogen) atoms. The van der Waals surface area contributed by atoms with Crippen molar-refractivity contribution in [1.29, 1.82) is 0 Å². The summed E-state index contributed by atoms with van der Waals surface area (Å²) in [4.78, 5) is 5.63. The summed E-state index contributed by atoms with van der Waals surface area (Å²) in [6.07, 6.45) is -2.54. The molecule has 0 saturated heterocycles. The number of halogens is 3. The minimum absolute atomic E-state index is 0.0651. The zero-order valence-electron chi connectivity index (χ0n) is 10.4. The summed E-state index contributed by atoms with van der Waals surface area (Å²) in [5.74, 6) is 0.243. The first-order chi connectivity index (χ1) is 8.84. The number of anilines is 1. The van der Waals surface area contributed by atoms with Gasteiger partial charge in [-0.3, -0.25) is 0 Å². The predicted octanol–water partition coefficient (Wildman–Crippen LogP) is 2.72. The molecule has 0 atom stereocenters.